The number of hydrogen-bond acceptors (Lipinski definition) is 6. The van der Waals surface area contributed by atoms with E-state index >= 15 is 0 Å². The van der Waals surface area contributed by atoms with Gasteiger partial charge in [0.1, 0.15) is 0 Å². The predicted octanol–water partition coefficient (Wildman–Crippen LogP) is 3.70. The average molecular weight is 489 g/mol. The molecule has 0 bridgehead atoms. The fourth-order valence-corrected chi connectivity index (χ4v) is 4.34. The number of nitrogens with one attached hydrogen (secondary N) is 2. The second-order valence-corrected chi connectivity index (χ2v) is 8.46. The normalized spacial score (nSPS) is 15.1. The summed E-state index contributed by atoms with van der Waals surface area (Å²) in [6, 6.07) is 11.6. The van der Waals surface area contributed by atoms with Gasteiger partial charge in [-0.3, -0.25) is 24.1 Å². The van der Waals surface area contributed by atoms with Crippen LogP contribution in [0.25, 0.3) is 16.8 Å². The maximum absolute atomic E-state index is 12.6. The number of carbonyl (C=O) groups is 3. The Kier molecular flexibility index (Phi) is 6.31. The van der Waals surface area contributed by atoms with Crippen LogP contribution in [0.1, 0.15) is 16.1 Å². The Morgan fingerprint density at radius 2 is 1.84 bits per heavy atom. The smallest absolute Gasteiger partial charge is 0.293 e. The lowest BCUT2D eigenvalue weighted by Gasteiger charge is -2.13. The predicted molar refractivity (Wildman–Crippen MR) is 124 cm³/mol. The second kappa shape index (κ2) is 9.15. The van der Waals surface area contributed by atoms with Gasteiger partial charge in [0.2, 0.25) is 0 Å². The average Bonchev–Trinajstić information content (AvgIpc) is 3.04. The molecule has 3 aromatic rings. The van der Waals surface area contributed by atoms with E-state index in [2.05, 4.69) is 15.5 Å². The minimum atomic E-state index is -0.536. The molecule has 1 fully saturated rings. The van der Waals surface area contributed by atoms with E-state index in [1.807, 2.05) is 0 Å². The van der Waals surface area contributed by atoms with Crippen molar-refractivity contribution in [2.75, 3.05) is 13.1 Å². The number of halogens is 2. The van der Waals surface area contributed by atoms with Gasteiger partial charge in [0.15, 0.2) is 5.69 Å². The largest absolute Gasteiger partial charge is 0.349 e. The molecule has 1 aliphatic heterocycles. The molecule has 0 atom stereocenters. The third kappa shape index (κ3) is 4.27. The van der Waals surface area contributed by atoms with E-state index < -0.39 is 22.6 Å². The van der Waals surface area contributed by atoms with E-state index in [-0.39, 0.29) is 28.7 Å². The highest BCUT2D eigenvalue weighted by Crippen LogP contribution is 2.34. The molecule has 1 aromatic heterocycles. The van der Waals surface area contributed by atoms with Gasteiger partial charge in [-0.1, -0.05) is 53.5 Å². The van der Waals surface area contributed by atoms with Crippen LogP contribution in [0.2, 0.25) is 10.0 Å². The van der Waals surface area contributed by atoms with Gasteiger partial charge in [-0.2, -0.15) is 5.10 Å². The maximum Gasteiger partial charge on any atom is 0.293 e. The lowest BCUT2D eigenvalue weighted by atomic mass is 10.1. The highest BCUT2D eigenvalue weighted by atomic mass is 35.5. The number of rotatable bonds is 5. The van der Waals surface area contributed by atoms with Crippen LogP contribution in [0.3, 0.4) is 0 Å². The van der Waals surface area contributed by atoms with Crippen LogP contribution in [0, 0.1) is 0 Å². The maximum atomic E-state index is 12.6. The van der Waals surface area contributed by atoms with Crippen molar-refractivity contribution >= 4 is 68.9 Å². The molecule has 0 unspecified atom stereocenters. The summed E-state index contributed by atoms with van der Waals surface area (Å²) in [5.74, 6) is -1.02. The number of aromatic amines is 1. The minimum absolute atomic E-state index is 0.0111. The number of nitrogens with zero attached hydrogens (tertiary/aromatic N) is 2. The summed E-state index contributed by atoms with van der Waals surface area (Å²) in [5.41, 5.74) is 0.167. The molecule has 4 rings (SSSR count). The summed E-state index contributed by atoms with van der Waals surface area (Å²) in [6.07, 6.45) is 1.51. The summed E-state index contributed by atoms with van der Waals surface area (Å²) < 4.78 is 0. The van der Waals surface area contributed by atoms with Crippen molar-refractivity contribution in [1.29, 1.82) is 0 Å². The molecule has 2 aromatic carbocycles. The fourth-order valence-electron chi connectivity index (χ4n) is 3.12. The fraction of sp³-hybridized carbons (Fsp3) is 0.0952. The van der Waals surface area contributed by atoms with Gasteiger partial charge in [-0.25, -0.2) is 5.10 Å². The van der Waals surface area contributed by atoms with Crippen LogP contribution in [0.4, 0.5) is 4.79 Å². The highest BCUT2D eigenvalue weighted by molar-refractivity contribution is 8.18. The number of H-pyrrole nitrogens is 1. The molecule has 2 heterocycles. The summed E-state index contributed by atoms with van der Waals surface area (Å²) in [5, 5.41) is 9.65. The van der Waals surface area contributed by atoms with Gasteiger partial charge in [0, 0.05) is 18.5 Å². The van der Waals surface area contributed by atoms with Crippen molar-refractivity contribution in [1.82, 2.24) is 20.4 Å². The van der Waals surface area contributed by atoms with Gasteiger partial charge < -0.3 is 5.32 Å². The quantitative estimate of drug-likeness (QED) is 0.529. The van der Waals surface area contributed by atoms with Crippen molar-refractivity contribution in [3.63, 3.8) is 0 Å². The molecular weight excluding hydrogens is 475 g/mol. The van der Waals surface area contributed by atoms with E-state index in [0.717, 1.165) is 16.7 Å². The molecule has 8 nitrogen and oxygen atoms in total. The number of amides is 3. The van der Waals surface area contributed by atoms with E-state index in [4.69, 9.17) is 23.2 Å². The molecule has 162 valence electrons. The number of hydrogen-bond donors (Lipinski definition) is 2. The SMILES string of the molecule is O=C(NCCN1C(=O)S/C(=C\c2cccc(Cl)c2Cl)C1=O)c1n[nH]c(=O)c2ccccc12. The Hall–Kier alpha value is -3.14. The Balaban J connectivity index is 1.44. The Labute approximate surface area is 195 Å². The number of carbonyl (C=O) groups excluding carboxylic acids is 3. The Morgan fingerprint density at radius 1 is 1.09 bits per heavy atom. The molecule has 0 spiro atoms. The van der Waals surface area contributed by atoms with Crippen LogP contribution in [-0.2, 0) is 4.79 Å². The first-order chi connectivity index (χ1) is 15.4. The lowest BCUT2D eigenvalue weighted by Crippen LogP contribution is -2.37. The molecular formula is C21H14Cl2N4O4S. The Bertz CT molecular complexity index is 1360. The third-order valence-electron chi connectivity index (χ3n) is 4.67. The number of aromatic nitrogens is 2. The Morgan fingerprint density at radius 3 is 2.62 bits per heavy atom. The van der Waals surface area contributed by atoms with Crippen molar-refractivity contribution < 1.29 is 14.4 Å². The van der Waals surface area contributed by atoms with E-state index in [9.17, 15) is 19.2 Å². The van der Waals surface area contributed by atoms with Crippen LogP contribution in [-0.4, -0.2) is 45.2 Å². The van der Waals surface area contributed by atoms with Gasteiger partial charge in [0.25, 0.3) is 22.6 Å². The second-order valence-electron chi connectivity index (χ2n) is 6.68. The molecule has 0 radical (unpaired) electrons. The number of benzene rings is 2. The summed E-state index contributed by atoms with van der Waals surface area (Å²) in [4.78, 5) is 50.6. The van der Waals surface area contributed by atoms with Gasteiger partial charge in [0.05, 0.1) is 20.3 Å². The molecule has 0 saturated carbocycles. The molecule has 1 saturated heterocycles. The molecule has 32 heavy (non-hydrogen) atoms. The lowest BCUT2D eigenvalue weighted by molar-refractivity contribution is -0.122. The van der Waals surface area contributed by atoms with E-state index in [0.29, 0.717) is 21.4 Å². The molecule has 1 aliphatic rings. The molecule has 2 N–H and O–H groups in total. The van der Waals surface area contributed by atoms with Crippen molar-refractivity contribution in [2.45, 2.75) is 0 Å². The first kappa shape index (κ1) is 22.1. The van der Waals surface area contributed by atoms with Crippen LogP contribution in [0.15, 0.2) is 52.2 Å². The van der Waals surface area contributed by atoms with Crippen LogP contribution < -0.4 is 10.9 Å². The molecule has 11 heteroatoms. The monoisotopic (exact) mass is 488 g/mol. The van der Waals surface area contributed by atoms with E-state index in [1.54, 1.807) is 42.5 Å². The van der Waals surface area contributed by atoms with Gasteiger partial charge in [-0.15, -0.1) is 0 Å². The summed E-state index contributed by atoms with van der Waals surface area (Å²) in [7, 11) is 0. The zero-order valence-corrected chi connectivity index (χ0v) is 18.6. The van der Waals surface area contributed by atoms with Crippen molar-refractivity contribution in [3.05, 3.63) is 79.0 Å². The molecule has 3 amide bonds. The van der Waals surface area contributed by atoms with Crippen molar-refractivity contribution in [3.8, 4) is 0 Å². The zero-order chi connectivity index (χ0) is 22.8. The number of imide groups is 1. The summed E-state index contributed by atoms with van der Waals surface area (Å²) in [6.45, 7) is -0.0183. The first-order valence-electron chi connectivity index (χ1n) is 9.32. The van der Waals surface area contributed by atoms with Gasteiger partial charge in [-0.05, 0) is 35.5 Å². The topological polar surface area (TPSA) is 112 Å². The van der Waals surface area contributed by atoms with Gasteiger partial charge >= 0.3 is 0 Å². The zero-order valence-electron chi connectivity index (χ0n) is 16.2. The number of thioether (sulfide) groups is 1. The number of fused-ring (bicyclic) bond motifs is 1. The summed E-state index contributed by atoms with van der Waals surface area (Å²) >= 11 is 12.9. The minimum Gasteiger partial charge on any atom is -0.349 e. The third-order valence-corrected chi connectivity index (χ3v) is 6.41. The highest BCUT2D eigenvalue weighted by Gasteiger charge is 2.35. The standard InChI is InChI=1S/C21H14Cl2N4O4S/c22-14-7-3-4-11(16(14)23)10-15-20(30)27(21(31)32-15)9-8-24-19(29)17-12-5-1-2-6-13(12)18(28)26-25-17/h1-7,10H,8-9H2,(H,24,29)(H,26,28)/b15-10-. The van der Waals surface area contributed by atoms with E-state index in [1.165, 1.54) is 6.08 Å². The van der Waals surface area contributed by atoms with Crippen LogP contribution in [0.5, 0.6) is 0 Å². The first-order valence-corrected chi connectivity index (χ1v) is 10.9. The van der Waals surface area contributed by atoms with Crippen LogP contribution >= 0.6 is 35.0 Å². The van der Waals surface area contributed by atoms with Crippen molar-refractivity contribution in [2.24, 2.45) is 0 Å². The molecule has 0 aliphatic carbocycles.